The van der Waals surface area contributed by atoms with E-state index in [-0.39, 0.29) is 0 Å². The van der Waals surface area contributed by atoms with Gasteiger partial charge in [0.05, 0.1) is 6.61 Å². The Morgan fingerprint density at radius 2 is 2.11 bits per heavy atom. The average Bonchev–Trinajstić information content (AvgIpc) is 2.51. The van der Waals surface area contributed by atoms with E-state index in [0.717, 1.165) is 30.7 Å². The number of nitrogens with one attached hydrogen (secondary N) is 1. The van der Waals surface area contributed by atoms with Crippen molar-refractivity contribution in [3.05, 3.63) is 29.3 Å². The van der Waals surface area contributed by atoms with Crippen LogP contribution in [0.3, 0.4) is 0 Å². The van der Waals surface area contributed by atoms with Crippen LogP contribution < -0.4 is 10.1 Å². The summed E-state index contributed by atoms with van der Waals surface area (Å²) in [6.45, 7) is 5.34. The van der Waals surface area contributed by atoms with Crippen molar-refractivity contribution in [2.45, 2.75) is 51.6 Å². The minimum atomic E-state index is 0.486. The lowest BCUT2D eigenvalue weighted by Crippen LogP contribution is -2.42. The molecule has 1 saturated carbocycles. The molecule has 1 aromatic rings. The van der Waals surface area contributed by atoms with E-state index in [1.807, 2.05) is 0 Å². The number of rotatable bonds is 2. The summed E-state index contributed by atoms with van der Waals surface area (Å²) in [5.74, 6) is 2.03. The first kappa shape index (κ1) is 12.0. The molecule has 1 fully saturated rings. The summed E-state index contributed by atoms with van der Waals surface area (Å²) in [6, 6.07) is 7.73. The molecule has 1 aliphatic carbocycles. The van der Waals surface area contributed by atoms with Crippen molar-refractivity contribution in [2.75, 3.05) is 6.61 Å². The number of benzene rings is 1. The van der Waals surface area contributed by atoms with Crippen LogP contribution in [-0.2, 0) is 0 Å². The lowest BCUT2D eigenvalue weighted by Gasteiger charge is -2.36. The smallest absolute Gasteiger partial charge is 0.126 e. The van der Waals surface area contributed by atoms with Gasteiger partial charge in [0.1, 0.15) is 5.75 Å². The van der Waals surface area contributed by atoms with E-state index in [9.17, 15) is 0 Å². The highest BCUT2D eigenvalue weighted by atomic mass is 16.5. The Bertz CT molecular complexity index is 423. The minimum absolute atomic E-state index is 0.486. The van der Waals surface area contributed by atoms with Gasteiger partial charge in [0.15, 0.2) is 0 Å². The monoisotopic (exact) mass is 245 g/mol. The molecular formula is C16H23NO. The van der Waals surface area contributed by atoms with Crippen LogP contribution >= 0.6 is 0 Å². The van der Waals surface area contributed by atoms with Gasteiger partial charge in [-0.1, -0.05) is 25.1 Å². The van der Waals surface area contributed by atoms with Gasteiger partial charge in [-0.25, -0.2) is 0 Å². The van der Waals surface area contributed by atoms with Crippen LogP contribution in [0.4, 0.5) is 0 Å². The third-order valence-electron chi connectivity index (χ3n) is 4.31. The maximum Gasteiger partial charge on any atom is 0.126 e. The second kappa shape index (κ2) is 4.93. The second-order valence-electron chi connectivity index (χ2n) is 5.98. The van der Waals surface area contributed by atoms with Crippen molar-refractivity contribution in [1.82, 2.24) is 5.32 Å². The number of ether oxygens (including phenoxy) is 1. The number of para-hydroxylation sites is 1. The zero-order valence-corrected chi connectivity index (χ0v) is 11.4. The second-order valence-corrected chi connectivity index (χ2v) is 5.98. The zero-order chi connectivity index (χ0) is 12.5. The molecule has 3 rings (SSSR count). The van der Waals surface area contributed by atoms with Crippen LogP contribution in [0.25, 0.3) is 0 Å². The highest BCUT2D eigenvalue weighted by Gasteiger charge is 2.29. The molecule has 0 amide bonds. The van der Waals surface area contributed by atoms with E-state index in [4.69, 9.17) is 4.74 Å². The summed E-state index contributed by atoms with van der Waals surface area (Å²) in [5, 5.41) is 3.83. The Labute approximate surface area is 110 Å². The lowest BCUT2D eigenvalue weighted by atomic mass is 9.81. The van der Waals surface area contributed by atoms with Crippen LogP contribution in [0.1, 0.15) is 49.8 Å². The summed E-state index contributed by atoms with van der Waals surface area (Å²) in [5.41, 5.74) is 2.63. The first-order valence-corrected chi connectivity index (χ1v) is 7.22. The van der Waals surface area contributed by atoms with Gasteiger partial charge in [-0.3, -0.25) is 0 Å². The molecule has 0 aromatic heterocycles. The van der Waals surface area contributed by atoms with Crippen molar-refractivity contribution in [3.8, 4) is 5.75 Å². The van der Waals surface area contributed by atoms with E-state index in [0.29, 0.717) is 6.04 Å². The van der Waals surface area contributed by atoms with E-state index >= 15 is 0 Å². The Balaban J connectivity index is 1.80. The van der Waals surface area contributed by atoms with Crippen LogP contribution in [0.15, 0.2) is 18.2 Å². The molecule has 0 spiro atoms. The third-order valence-corrected chi connectivity index (χ3v) is 4.31. The van der Waals surface area contributed by atoms with Gasteiger partial charge in [-0.15, -0.1) is 0 Å². The molecule has 1 atom stereocenters. The molecule has 1 heterocycles. The third kappa shape index (κ3) is 2.26. The first-order chi connectivity index (χ1) is 8.74. The predicted octanol–water partition coefficient (Wildman–Crippen LogP) is 3.60. The van der Waals surface area contributed by atoms with Gasteiger partial charge in [-0.05, 0) is 44.1 Å². The predicted molar refractivity (Wildman–Crippen MR) is 74.0 cm³/mol. The molecule has 0 bridgehead atoms. The molecule has 0 saturated heterocycles. The fraction of sp³-hybridized carbons (Fsp3) is 0.625. The number of hydrogen-bond donors (Lipinski definition) is 1. The Morgan fingerprint density at radius 3 is 2.89 bits per heavy atom. The van der Waals surface area contributed by atoms with Gasteiger partial charge in [0, 0.05) is 17.6 Å². The molecule has 1 aromatic carbocycles. The maximum atomic E-state index is 5.92. The van der Waals surface area contributed by atoms with E-state index < -0.39 is 0 Å². The molecule has 2 heteroatoms. The summed E-state index contributed by atoms with van der Waals surface area (Å²) in [4.78, 5) is 0. The Kier molecular flexibility index (Phi) is 3.29. The van der Waals surface area contributed by atoms with Crippen molar-refractivity contribution in [2.24, 2.45) is 5.92 Å². The van der Waals surface area contributed by atoms with Crippen LogP contribution in [-0.4, -0.2) is 12.6 Å². The topological polar surface area (TPSA) is 21.3 Å². The maximum absolute atomic E-state index is 5.92. The van der Waals surface area contributed by atoms with Crippen molar-refractivity contribution >= 4 is 0 Å². The van der Waals surface area contributed by atoms with Gasteiger partial charge in [0.25, 0.3) is 0 Å². The van der Waals surface area contributed by atoms with Gasteiger partial charge in [-0.2, -0.15) is 0 Å². The van der Waals surface area contributed by atoms with Gasteiger partial charge < -0.3 is 10.1 Å². The van der Waals surface area contributed by atoms with Crippen LogP contribution in [0.2, 0.25) is 0 Å². The summed E-state index contributed by atoms with van der Waals surface area (Å²) in [7, 11) is 0. The summed E-state index contributed by atoms with van der Waals surface area (Å²) >= 11 is 0. The first-order valence-electron chi connectivity index (χ1n) is 7.22. The highest BCUT2D eigenvalue weighted by molar-refractivity contribution is 5.43. The molecule has 1 aliphatic heterocycles. The minimum Gasteiger partial charge on any atom is -0.493 e. The van der Waals surface area contributed by atoms with Crippen LogP contribution in [0.5, 0.6) is 5.75 Å². The Hall–Kier alpha value is -1.02. The van der Waals surface area contributed by atoms with Crippen LogP contribution in [0, 0.1) is 12.8 Å². The summed E-state index contributed by atoms with van der Waals surface area (Å²) in [6.07, 6.45) is 5.01. The SMILES string of the molecule is Cc1cccc2c1OCCCC2NC1CC(C)C1. The lowest BCUT2D eigenvalue weighted by molar-refractivity contribution is 0.218. The van der Waals surface area contributed by atoms with E-state index in [1.54, 1.807) is 0 Å². The Morgan fingerprint density at radius 1 is 1.28 bits per heavy atom. The molecule has 18 heavy (non-hydrogen) atoms. The highest BCUT2D eigenvalue weighted by Crippen LogP contribution is 2.36. The fourth-order valence-electron chi connectivity index (χ4n) is 3.26. The fourth-order valence-corrected chi connectivity index (χ4v) is 3.26. The normalized spacial score (nSPS) is 30.9. The number of fused-ring (bicyclic) bond motifs is 1. The van der Waals surface area contributed by atoms with Gasteiger partial charge >= 0.3 is 0 Å². The average molecular weight is 245 g/mol. The van der Waals surface area contributed by atoms with Crippen molar-refractivity contribution < 1.29 is 4.74 Å². The zero-order valence-electron chi connectivity index (χ0n) is 11.4. The largest absolute Gasteiger partial charge is 0.493 e. The molecule has 2 aliphatic rings. The number of hydrogen-bond acceptors (Lipinski definition) is 2. The molecule has 2 nitrogen and oxygen atoms in total. The molecule has 1 N–H and O–H groups in total. The quantitative estimate of drug-likeness (QED) is 0.859. The van der Waals surface area contributed by atoms with E-state index in [1.165, 1.54) is 30.4 Å². The standard InChI is InChI=1S/C16H23NO/c1-11-9-13(10-11)17-15-7-4-8-18-16-12(2)5-3-6-14(15)16/h3,5-6,11,13,15,17H,4,7-10H2,1-2H3. The summed E-state index contributed by atoms with van der Waals surface area (Å²) < 4.78 is 5.92. The molecule has 0 radical (unpaired) electrons. The molecule has 98 valence electrons. The number of aryl methyl sites for hydroxylation is 1. The van der Waals surface area contributed by atoms with Gasteiger partial charge in [0.2, 0.25) is 0 Å². The van der Waals surface area contributed by atoms with E-state index in [2.05, 4.69) is 37.4 Å². The van der Waals surface area contributed by atoms with Crippen molar-refractivity contribution in [1.29, 1.82) is 0 Å². The molecule has 1 unspecified atom stereocenters. The molecular weight excluding hydrogens is 222 g/mol. The van der Waals surface area contributed by atoms with Crippen molar-refractivity contribution in [3.63, 3.8) is 0 Å².